The molecule has 0 spiro atoms. The summed E-state index contributed by atoms with van der Waals surface area (Å²) in [6, 6.07) is 6.48. The normalized spacial score (nSPS) is 13.3. The standard InChI is InChI=1S/C21H24N8O6S/c1-3-36(32,33)23-10-16-26-20(29-35-16)12-5-4-6-13(18(12)34-2)24-14-9-15(25-21(31)11-7-8-11)27-28-17(14)19(22)30/h4-6,9,11,23H,3,7-8,10H2,1-2H3,(H2,22,30)(H2,24,25,27,31). The maximum absolute atomic E-state index is 12.1. The van der Waals surface area contributed by atoms with Crippen LogP contribution in [-0.4, -0.2) is 53.4 Å². The fourth-order valence-corrected chi connectivity index (χ4v) is 3.74. The van der Waals surface area contributed by atoms with Gasteiger partial charge in [0.05, 0.1) is 36.3 Å². The van der Waals surface area contributed by atoms with Crippen molar-refractivity contribution in [2.45, 2.75) is 26.3 Å². The zero-order valence-corrected chi connectivity index (χ0v) is 20.3. The van der Waals surface area contributed by atoms with E-state index in [-0.39, 0.29) is 53.0 Å². The Morgan fingerprint density at radius 3 is 2.67 bits per heavy atom. The summed E-state index contributed by atoms with van der Waals surface area (Å²) in [7, 11) is -2.01. The second-order valence-electron chi connectivity index (χ2n) is 7.87. The molecule has 0 unspecified atom stereocenters. The molecule has 190 valence electrons. The number of carbonyl (C=O) groups excluding carboxylic acids is 2. The molecule has 1 aliphatic carbocycles. The third kappa shape index (κ3) is 5.75. The molecule has 5 N–H and O–H groups in total. The Bertz CT molecular complexity index is 1400. The van der Waals surface area contributed by atoms with Crippen LogP contribution in [0.15, 0.2) is 28.8 Å². The summed E-state index contributed by atoms with van der Waals surface area (Å²) in [5.74, 6) is -0.448. The lowest BCUT2D eigenvalue weighted by Crippen LogP contribution is -2.24. The Morgan fingerprint density at radius 2 is 2.00 bits per heavy atom. The first-order valence-corrected chi connectivity index (χ1v) is 12.6. The van der Waals surface area contributed by atoms with Crippen LogP contribution < -0.4 is 25.8 Å². The number of rotatable bonds is 11. The molecular weight excluding hydrogens is 492 g/mol. The summed E-state index contributed by atoms with van der Waals surface area (Å²) in [6.07, 6.45) is 1.63. The summed E-state index contributed by atoms with van der Waals surface area (Å²) < 4.78 is 36.4. The van der Waals surface area contributed by atoms with Gasteiger partial charge >= 0.3 is 0 Å². The van der Waals surface area contributed by atoms with E-state index in [1.807, 2.05) is 0 Å². The fraction of sp³-hybridized carbons (Fsp3) is 0.333. The zero-order valence-electron chi connectivity index (χ0n) is 19.4. The molecule has 2 amide bonds. The minimum absolute atomic E-state index is 0.0482. The predicted molar refractivity (Wildman–Crippen MR) is 128 cm³/mol. The highest BCUT2D eigenvalue weighted by Crippen LogP contribution is 2.37. The van der Waals surface area contributed by atoms with E-state index in [0.717, 1.165) is 12.8 Å². The van der Waals surface area contributed by atoms with E-state index in [9.17, 15) is 18.0 Å². The van der Waals surface area contributed by atoms with Crippen molar-refractivity contribution in [2.75, 3.05) is 23.5 Å². The number of nitrogens with two attached hydrogens (primary N) is 1. The van der Waals surface area contributed by atoms with E-state index in [4.69, 9.17) is 15.0 Å². The van der Waals surface area contributed by atoms with Gasteiger partial charge in [-0.05, 0) is 31.9 Å². The molecule has 36 heavy (non-hydrogen) atoms. The van der Waals surface area contributed by atoms with Crippen LogP contribution in [0.5, 0.6) is 5.75 Å². The minimum atomic E-state index is -3.44. The lowest BCUT2D eigenvalue weighted by molar-refractivity contribution is -0.117. The molecule has 1 aliphatic rings. The summed E-state index contributed by atoms with van der Waals surface area (Å²) in [6.45, 7) is 1.35. The number of aromatic nitrogens is 4. The molecule has 0 bridgehead atoms. The molecule has 0 aliphatic heterocycles. The molecule has 1 fully saturated rings. The van der Waals surface area contributed by atoms with E-state index in [1.54, 1.807) is 18.2 Å². The first kappa shape index (κ1) is 25.0. The van der Waals surface area contributed by atoms with E-state index in [1.165, 1.54) is 20.1 Å². The van der Waals surface area contributed by atoms with Gasteiger partial charge in [0.1, 0.15) is 0 Å². The first-order valence-electron chi connectivity index (χ1n) is 10.9. The quantitative estimate of drug-likeness (QED) is 0.284. The van der Waals surface area contributed by atoms with Crippen molar-refractivity contribution in [2.24, 2.45) is 11.7 Å². The number of sulfonamides is 1. The van der Waals surface area contributed by atoms with Gasteiger partial charge in [0, 0.05) is 12.0 Å². The van der Waals surface area contributed by atoms with Gasteiger partial charge in [-0.2, -0.15) is 4.98 Å². The molecule has 2 aromatic heterocycles. The van der Waals surface area contributed by atoms with Gasteiger partial charge in [-0.3, -0.25) is 9.59 Å². The third-order valence-corrected chi connectivity index (χ3v) is 6.59. The van der Waals surface area contributed by atoms with Crippen molar-refractivity contribution in [1.29, 1.82) is 0 Å². The number of primary amides is 1. The van der Waals surface area contributed by atoms with Gasteiger partial charge in [-0.1, -0.05) is 11.2 Å². The van der Waals surface area contributed by atoms with Gasteiger partial charge < -0.3 is 25.6 Å². The van der Waals surface area contributed by atoms with Crippen LogP contribution in [0.25, 0.3) is 11.4 Å². The highest BCUT2D eigenvalue weighted by Gasteiger charge is 2.30. The number of anilines is 3. The molecule has 15 heteroatoms. The number of amides is 2. The second kappa shape index (κ2) is 10.2. The van der Waals surface area contributed by atoms with Gasteiger partial charge in [0.15, 0.2) is 17.3 Å². The first-order chi connectivity index (χ1) is 17.2. The Hall–Kier alpha value is -4.11. The van der Waals surface area contributed by atoms with Gasteiger partial charge in [0.2, 0.25) is 27.6 Å². The fourth-order valence-electron chi connectivity index (χ4n) is 3.19. The van der Waals surface area contributed by atoms with E-state index in [2.05, 4.69) is 35.7 Å². The van der Waals surface area contributed by atoms with Gasteiger partial charge in [0.25, 0.3) is 5.91 Å². The Kier molecular flexibility index (Phi) is 7.12. The average molecular weight is 517 g/mol. The molecular formula is C21H24N8O6S. The van der Waals surface area contributed by atoms with Crippen molar-refractivity contribution >= 4 is 39.0 Å². The van der Waals surface area contributed by atoms with Gasteiger partial charge in [-0.25, -0.2) is 13.1 Å². The van der Waals surface area contributed by atoms with Crippen molar-refractivity contribution < 1.29 is 27.3 Å². The summed E-state index contributed by atoms with van der Waals surface area (Å²) in [5.41, 5.74) is 6.35. The number of benzene rings is 1. The van der Waals surface area contributed by atoms with Gasteiger partial charge in [-0.15, -0.1) is 10.2 Å². The summed E-state index contributed by atoms with van der Waals surface area (Å²) >= 11 is 0. The highest BCUT2D eigenvalue weighted by molar-refractivity contribution is 7.89. The van der Waals surface area contributed by atoms with E-state index >= 15 is 0 Å². The monoisotopic (exact) mass is 516 g/mol. The van der Waals surface area contributed by atoms with Crippen molar-refractivity contribution in [3.05, 3.63) is 35.9 Å². The van der Waals surface area contributed by atoms with Crippen molar-refractivity contribution in [3.8, 4) is 17.1 Å². The number of para-hydroxylation sites is 1. The maximum Gasteiger partial charge on any atom is 0.271 e. The minimum Gasteiger partial charge on any atom is -0.494 e. The Labute approximate surface area is 206 Å². The second-order valence-corrected chi connectivity index (χ2v) is 9.96. The van der Waals surface area contributed by atoms with Crippen molar-refractivity contribution in [3.63, 3.8) is 0 Å². The average Bonchev–Trinajstić information content (AvgIpc) is 3.60. The largest absolute Gasteiger partial charge is 0.494 e. The molecule has 2 heterocycles. The number of methoxy groups -OCH3 is 1. The van der Waals surface area contributed by atoms with Crippen LogP contribution in [0, 0.1) is 5.92 Å². The number of ether oxygens (including phenoxy) is 1. The van der Waals surface area contributed by atoms with Crippen LogP contribution in [0.3, 0.4) is 0 Å². The number of nitrogens with zero attached hydrogens (tertiary/aromatic N) is 4. The van der Waals surface area contributed by atoms with Crippen LogP contribution in [0.2, 0.25) is 0 Å². The smallest absolute Gasteiger partial charge is 0.271 e. The highest BCUT2D eigenvalue weighted by atomic mass is 32.2. The van der Waals surface area contributed by atoms with E-state index in [0.29, 0.717) is 17.0 Å². The maximum atomic E-state index is 12.1. The van der Waals surface area contributed by atoms with Crippen molar-refractivity contribution in [1.82, 2.24) is 25.1 Å². The van der Waals surface area contributed by atoms with Crippen LogP contribution in [0.1, 0.15) is 36.1 Å². The number of nitrogens with one attached hydrogen (secondary N) is 3. The molecule has 0 saturated heterocycles. The Morgan fingerprint density at radius 1 is 1.22 bits per heavy atom. The molecule has 1 aromatic carbocycles. The summed E-state index contributed by atoms with van der Waals surface area (Å²) in [5, 5.41) is 17.4. The molecule has 4 rings (SSSR count). The number of carbonyl (C=O) groups is 2. The molecule has 3 aromatic rings. The molecule has 1 saturated carbocycles. The number of hydrogen-bond donors (Lipinski definition) is 4. The molecule has 14 nitrogen and oxygen atoms in total. The van der Waals surface area contributed by atoms with E-state index < -0.39 is 15.9 Å². The Balaban J connectivity index is 1.62. The summed E-state index contributed by atoms with van der Waals surface area (Å²) in [4.78, 5) is 28.3. The van der Waals surface area contributed by atoms with Crippen LogP contribution in [-0.2, 0) is 21.4 Å². The lowest BCUT2D eigenvalue weighted by atomic mass is 10.1. The predicted octanol–water partition coefficient (Wildman–Crippen LogP) is 1.17. The third-order valence-electron chi connectivity index (χ3n) is 5.25. The topological polar surface area (TPSA) is 204 Å². The van der Waals surface area contributed by atoms with Crippen LogP contribution in [0.4, 0.5) is 17.2 Å². The lowest BCUT2D eigenvalue weighted by Gasteiger charge is -2.15. The van der Waals surface area contributed by atoms with Crippen LogP contribution >= 0.6 is 0 Å². The molecule has 0 atom stereocenters. The SMILES string of the molecule is CCS(=O)(=O)NCc1nc(-c2cccc(Nc3cc(NC(=O)C4CC4)nnc3C(N)=O)c2OC)no1. The molecule has 0 radical (unpaired) electrons. The zero-order chi connectivity index (χ0) is 25.9. The number of hydrogen-bond acceptors (Lipinski definition) is 11.